The molecule has 1 aliphatic heterocycles. The molecule has 9 heteroatoms. The summed E-state index contributed by atoms with van der Waals surface area (Å²) in [5, 5.41) is 11.7. The Morgan fingerprint density at radius 3 is 2.38 bits per heavy atom. The molecule has 3 rings (SSSR count). The Kier molecular flexibility index (Phi) is 7.13. The zero-order valence-electron chi connectivity index (χ0n) is 17.3. The Morgan fingerprint density at radius 1 is 1.14 bits per heavy atom. The molecule has 0 spiro atoms. The third-order valence-electron chi connectivity index (χ3n) is 6.04. The molecule has 1 aliphatic carbocycles. The highest BCUT2D eigenvalue weighted by atomic mass is 32.2. The number of nitro groups is 1. The van der Waals surface area contributed by atoms with Crippen molar-refractivity contribution in [1.29, 1.82) is 0 Å². The quantitative estimate of drug-likeness (QED) is 0.534. The highest BCUT2D eigenvalue weighted by Crippen LogP contribution is 2.32. The van der Waals surface area contributed by atoms with Crippen molar-refractivity contribution in [3.8, 4) is 0 Å². The Morgan fingerprint density at radius 2 is 1.79 bits per heavy atom. The lowest BCUT2D eigenvalue weighted by molar-refractivity contribution is -0.384. The van der Waals surface area contributed by atoms with E-state index in [9.17, 15) is 18.5 Å². The summed E-state index contributed by atoms with van der Waals surface area (Å²) in [5.74, 6) is 0.619. The van der Waals surface area contributed by atoms with Crippen molar-refractivity contribution in [3.05, 3.63) is 28.3 Å². The number of anilines is 1. The fourth-order valence-corrected chi connectivity index (χ4v) is 5.60. The van der Waals surface area contributed by atoms with E-state index >= 15 is 0 Å². The van der Waals surface area contributed by atoms with E-state index in [0.29, 0.717) is 24.7 Å². The first-order valence-electron chi connectivity index (χ1n) is 10.6. The van der Waals surface area contributed by atoms with Crippen molar-refractivity contribution in [3.63, 3.8) is 0 Å². The maximum absolute atomic E-state index is 12.8. The van der Waals surface area contributed by atoms with Gasteiger partial charge in [0, 0.05) is 38.3 Å². The first kappa shape index (κ1) is 22.0. The predicted octanol–water partition coefficient (Wildman–Crippen LogP) is 2.98. The second kappa shape index (κ2) is 9.40. The van der Waals surface area contributed by atoms with Crippen molar-refractivity contribution in [2.45, 2.75) is 56.9 Å². The molecule has 0 bridgehead atoms. The van der Waals surface area contributed by atoms with Gasteiger partial charge in [0.25, 0.3) is 5.69 Å². The molecular weight excluding hydrogens is 392 g/mol. The molecule has 162 valence electrons. The van der Waals surface area contributed by atoms with Crippen LogP contribution in [-0.4, -0.2) is 57.0 Å². The van der Waals surface area contributed by atoms with E-state index in [0.717, 1.165) is 51.7 Å². The minimum atomic E-state index is -3.78. The third kappa shape index (κ3) is 5.46. The van der Waals surface area contributed by atoms with Crippen molar-refractivity contribution >= 4 is 21.4 Å². The van der Waals surface area contributed by atoms with Gasteiger partial charge < -0.3 is 4.90 Å². The highest BCUT2D eigenvalue weighted by molar-refractivity contribution is 7.89. The Balaban J connectivity index is 1.76. The van der Waals surface area contributed by atoms with Crippen molar-refractivity contribution in [2.24, 2.45) is 5.92 Å². The predicted molar refractivity (Wildman–Crippen MR) is 114 cm³/mol. The number of nitrogens with one attached hydrogen (secondary N) is 1. The number of nitro benzene ring substituents is 1. The van der Waals surface area contributed by atoms with Gasteiger partial charge in [0.2, 0.25) is 10.0 Å². The van der Waals surface area contributed by atoms with E-state index in [-0.39, 0.29) is 16.6 Å². The van der Waals surface area contributed by atoms with E-state index in [4.69, 9.17) is 0 Å². The molecule has 29 heavy (non-hydrogen) atoms. The average molecular weight is 425 g/mol. The van der Waals surface area contributed by atoms with Crippen LogP contribution < -0.4 is 9.62 Å². The minimum absolute atomic E-state index is 0.0313. The number of hydrogen-bond donors (Lipinski definition) is 1. The lowest BCUT2D eigenvalue weighted by Crippen LogP contribution is -2.46. The van der Waals surface area contributed by atoms with Gasteiger partial charge >= 0.3 is 0 Å². The number of rotatable bonds is 7. The first-order chi connectivity index (χ1) is 13.8. The maximum atomic E-state index is 12.8. The van der Waals surface area contributed by atoms with Crippen molar-refractivity contribution < 1.29 is 13.3 Å². The van der Waals surface area contributed by atoms with Crippen LogP contribution in [0.25, 0.3) is 0 Å². The summed E-state index contributed by atoms with van der Waals surface area (Å²) in [6, 6.07) is 4.20. The van der Waals surface area contributed by atoms with Crippen LogP contribution in [0, 0.1) is 16.0 Å². The molecule has 0 aromatic heterocycles. The first-order valence-corrected chi connectivity index (χ1v) is 12.1. The molecule has 1 heterocycles. The van der Waals surface area contributed by atoms with Gasteiger partial charge in [0.15, 0.2) is 0 Å². The van der Waals surface area contributed by atoms with Crippen LogP contribution in [0.3, 0.4) is 0 Å². The Hall–Kier alpha value is -1.71. The second-order valence-electron chi connectivity index (χ2n) is 8.31. The number of sulfonamides is 1. The fraction of sp³-hybridized carbons (Fsp3) is 0.700. The standard InChI is InChI=1S/C20H32N4O4S/c1-3-10-22-11-13-23(14-12-22)19-9-8-18(15-20(19)24(25)26)29(27,28)21-17-6-4-16(2)5-7-17/h8-9,15-17,21H,3-7,10-14H2,1-2H3. The van der Waals surface area contributed by atoms with Gasteiger partial charge in [-0.15, -0.1) is 0 Å². The zero-order valence-corrected chi connectivity index (χ0v) is 18.2. The Bertz CT molecular complexity index is 814. The lowest BCUT2D eigenvalue weighted by Gasteiger charge is -2.35. The normalized spacial score (nSPS) is 23.9. The Labute approximate surface area is 173 Å². The van der Waals surface area contributed by atoms with Crippen LogP contribution in [0.5, 0.6) is 0 Å². The summed E-state index contributed by atoms with van der Waals surface area (Å²) in [6.45, 7) is 8.45. The average Bonchev–Trinajstić information content (AvgIpc) is 2.70. The molecule has 2 fully saturated rings. The molecule has 1 saturated carbocycles. The number of benzene rings is 1. The van der Waals surface area contributed by atoms with Crippen LogP contribution >= 0.6 is 0 Å². The molecule has 1 saturated heterocycles. The topological polar surface area (TPSA) is 95.8 Å². The highest BCUT2D eigenvalue weighted by Gasteiger charge is 2.28. The maximum Gasteiger partial charge on any atom is 0.293 e. The third-order valence-corrected chi connectivity index (χ3v) is 7.56. The second-order valence-corrected chi connectivity index (χ2v) is 10.0. The monoisotopic (exact) mass is 424 g/mol. The summed E-state index contributed by atoms with van der Waals surface area (Å²) in [5.41, 5.74) is 0.352. The lowest BCUT2D eigenvalue weighted by atomic mass is 9.88. The summed E-state index contributed by atoms with van der Waals surface area (Å²) in [7, 11) is -3.78. The SMILES string of the molecule is CCCN1CCN(c2ccc(S(=O)(=O)NC3CCC(C)CC3)cc2[N+](=O)[O-])CC1. The van der Waals surface area contributed by atoms with Crippen LogP contribution in [0.4, 0.5) is 11.4 Å². The molecule has 1 aromatic carbocycles. The smallest absolute Gasteiger partial charge is 0.293 e. The van der Waals surface area contributed by atoms with E-state index in [2.05, 4.69) is 23.5 Å². The summed E-state index contributed by atoms with van der Waals surface area (Å²) >= 11 is 0. The molecule has 1 N–H and O–H groups in total. The molecule has 0 atom stereocenters. The van der Waals surface area contributed by atoms with Gasteiger partial charge in [-0.2, -0.15) is 0 Å². The summed E-state index contributed by atoms with van der Waals surface area (Å²) < 4.78 is 28.4. The van der Waals surface area contributed by atoms with Crippen LogP contribution in [-0.2, 0) is 10.0 Å². The van der Waals surface area contributed by atoms with Gasteiger partial charge in [-0.05, 0) is 56.7 Å². The molecule has 2 aliphatic rings. The summed E-state index contributed by atoms with van der Waals surface area (Å²) in [6.07, 6.45) is 4.69. The van der Waals surface area contributed by atoms with Gasteiger partial charge in [-0.3, -0.25) is 15.0 Å². The van der Waals surface area contributed by atoms with Gasteiger partial charge in [-0.1, -0.05) is 13.8 Å². The van der Waals surface area contributed by atoms with Gasteiger partial charge in [0.1, 0.15) is 5.69 Å². The van der Waals surface area contributed by atoms with Gasteiger partial charge in [-0.25, -0.2) is 13.1 Å². The molecule has 1 aromatic rings. The fourth-order valence-electron chi connectivity index (χ4n) is 4.28. The number of piperazine rings is 1. The zero-order chi connectivity index (χ0) is 21.0. The molecule has 0 amide bonds. The van der Waals surface area contributed by atoms with Crippen molar-refractivity contribution in [2.75, 3.05) is 37.6 Å². The van der Waals surface area contributed by atoms with Crippen molar-refractivity contribution in [1.82, 2.24) is 9.62 Å². The van der Waals surface area contributed by atoms with E-state index in [1.165, 1.54) is 12.1 Å². The largest absolute Gasteiger partial charge is 0.363 e. The minimum Gasteiger partial charge on any atom is -0.363 e. The van der Waals surface area contributed by atoms with E-state index in [1.54, 1.807) is 6.07 Å². The number of nitrogens with zero attached hydrogens (tertiary/aromatic N) is 3. The molecule has 0 radical (unpaired) electrons. The van der Waals surface area contributed by atoms with Crippen LogP contribution in [0.2, 0.25) is 0 Å². The van der Waals surface area contributed by atoms with Gasteiger partial charge in [0.05, 0.1) is 9.82 Å². The molecular formula is C20H32N4O4S. The van der Waals surface area contributed by atoms with Crippen LogP contribution in [0.15, 0.2) is 23.1 Å². The van der Waals surface area contributed by atoms with Crippen LogP contribution in [0.1, 0.15) is 46.0 Å². The summed E-state index contributed by atoms with van der Waals surface area (Å²) in [4.78, 5) is 15.5. The van der Waals surface area contributed by atoms with E-state index < -0.39 is 14.9 Å². The van der Waals surface area contributed by atoms with E-state index in [1.807, 2.05) is 4.90 Å². The number of hydrogen-bond acceptors (Lipinski definition) is 6. The molecule has 0 unspecified atom stereocenters. The molecule has 8 nitrogen and oxygen atoms in total.